The number of allylic oxidation sites excluding steroid dienone is 1. The molecule has 0 saturated heterocycles. The summed E-state index contributed by atoms with van der Waals surface area (Å²) < 4.78 is 17.3. The highest BCUT2D eigenvalue weighted by molar-refractivity contribution is 5.94. The number of nitrogens with zero attached hydrogens (tertiary/aromatic N) is 2. The Kier molecular flexibility index (Phi) is 7.55. The van der Waals surface area contributed by atoms with Crippen molar-refractivity contribution in [2.75, 3.05) is 19.0 Å². The maximum atomic E-state index is 13.5. The fourth-order valence-corrected chi connectivity index (χ4v) is 4.51. The summed E-state index contributed by atoms with van der Waals surface area (Å²) in [5, 5.41) is 12.7. The summed E-state index contributed by atoms with van der Waals surface area (Å²) >= 11 is 0. The van der Waals surface area contributed by atoms with Crippen LogP contribution in [0.15, 0.2) is 66.0 Å². The first-order chi connectivity index (χ1) is 17.5. The zero-order valence-corrected chi connectivity index (χ0v) is 20.9. The van der Waals surface area contributed by atoms with Gasteiger partial charge in [0.25, 0.3) is 0 Å². The molecule has 0 amide bonds. The molecule has 0 bridgehead atoms. The second kappa shape index (κ2) is 11.0. The lowest BCUT2D eigenvalue weighted by Crippen LogP contribution is -2.26. The fraction of sp³-hybridized carbons (Fsp3) is 0.276. The minimum atomic E-state index is -0.406. The predicted octanol–water partition coefficient (Wildman–Crippen LogP) is 5.44. The molecule has 2 heterocycles. The first-order valence-corrected chi connectivity index (χ1v) is 11.8. The minimum Gasteiger partial charge on any atom is -0.496 e. The second-order valence-electron chi connectivity index (χ2n) is 8.59. The molecule has 1 unspecified atom stereocenters. The Morgan fingerprint density at radius 1 is 1.17 bits per heavy atom. The quantitative estimate of drug-likeness (QED) is 0.427. The molecule has 184 valence electrons. The lowest BCUT2D eigenvalue weighted by Gasteiger charge is -2.32. The van der Waals surface area contributed by atoms with Gasteiger partial charge >= 0.3 is 5.97 Å². The van der Waals surface area contributed by atoms with Crippen LogP contribution in [0, 0.1) is 18.3 Å². The third-order valence-electron chi connectivity index (χ3n) is 6.24. The predicted molar refractivity (Wildman–Crippen MR) is 137 cm³/mol. The Labute approximate surface area is 211 Å². The number of benzene rings is 2. The summed E-state index contributed by atoms with van der Waals surface area (Å²) in [4.78, 5) is 18.1. The molecule has 4 rings (SSSR count). The SMILES string of the molecule is CCOc1ncc(C)c2c1C(Cc1ccc(C#N)cc1OC)C(C(=O)OCc1ccccc1)=C(C)N2. The molecule has 0 saturated carbocycles. The highest BCUT2D eigenvalue weighted by Gasteiger charge is 2.36. The molecule has 0 spiro atoms. The van der Waals surface area contributed by atoms with Crippen molar-refractivity contribution in [2.45, 2.75) is 39.7 Å². The van der Waals surface area contributed by atoms with Gasteiger partial charge < -0.3 is 19.5 Å². The van der Waals surface area contributed by atoms with E-state index < -0.39 is 11.9 Å². The van der Waals surface area contributed by atoms with Crippen LogP contribution in [0.4, 0.5) is 5.69 Å². The van der Waals surface area contributed by atoms with Crippen LogP contribution in [0.1, 0.15) is 47.6 Å². The molecule has 3 aromatic rings. The van der Waals surface area contributed by atoms with E-state index in [1.54, 1.807) is 25.4 Å². The normalized spacial score (nSPS) is 14.4. The van der Waals surface area contributed by atoms with Crippen molar-refractivity contribution in [1.29, 1.82) is 5.26 Å². The maximum absolute atomic E-state index is 13.5. The average Bonchev–Trinajstić information content (AvgIpc) is 2.90. The van der Waals surface area contributed by atoms with E-state index >= 15 is 0 Å². The van der Waals surface area contributed by atoms with Crippen LogP contribution in [0.25, 0.3) is 0 Å². The van der Waals surface area contributed by atoms with Crippen molar-refractivity contribution in [1.82, 2.24) is 4.98 Å². The number of methoxy groups -OCH3 is 1. The molecule has 7 heteroatoms. The Bertz CT molecular complexity index is 1340. The Balaban J connectivity index is 1.79. The molecule has 1 N–H and O–H groups in total. The van der Waals surface area contributed by atoms with E-state index in [9.17, 15) is 10.1 Å². The van der Waals surface area contributed by atoms with Gasteiger partial charge in [-0.15, -0.1) is 0 Å². The number of hydrogen-bond donors (Lipinski definition) is 1. The number of hydrogen-bond acceptors (Lipinski definition) is 7. The van der Waals surface area contributed by atoms with Gasteiger partial charge in [-0.3, -0.25) is 0 Å². The summed E-state index contributed by atoms with van der Waals surface area (Å²) in [6.07, 6.45) is 2.20. The van der Waals surface area contributed by atoms with Gasteiger partial charge in [0, 0.05) is 23.4 Å². The molecule has 1 aliphatic rings. The number of carbonyl (C=O) groups is 1. The Morgan fingerprint density at radius 2 is 1.94 bits per heavy atom. The number of fused-ring (bicyclic) bond motifs is 1. The van der Waals surface area contributed by atoms with Gasteiger partial charge in [0.15, 0.2) is 0 Å². The lowest BCUT2D eigenvalue weighted by atomic mass is 9.81. The van der Waals surface area contributed by atoms with Crippen LogP contribution in [0.2, 0.25) is 0 Å². The van der Waals surface area contributed by atoms with Gasteiger partial charge in [-0.1, -0.05) is 36.4 Å². The standard InChI is InChI=1S/C29H29N3O4/c1-5-35-28-26-23(14-22-12-11-21(15-30)13-24(22)34-4)25(19(3)32-27(26)18(2)16-31-28)29(33)36-17-20-9-7-6-8-10-20/h6-13,16,23,32H,5,14,17H2,1-4H3. The van der Waals surface area contributed by atoms with Crippen LogP contribution < -0.4 is 14.8 Å². The number of aromatic nitrogens is 1. The number of aryl methyl sites for hydroxylation is 1. The van der Waals surface area contributed by atoms with E-state index in [0.29, 0.717) is 35.8 Å². The molecule has 1 aromatic heterocycles. The number of ether oxygens (including phenoxy) is 3. The molecule has 0 radical (unpaired) electrons. The summed E-state index contributed by atoms with van der Waals surface area (Å²) in [5.74, 6) is 0.253. The monoisotopic (exact) mass is 483 g/mol. The smallest absolute Gasteiger partial charge is 0.336 e. The number of nitriles is 1. The highest BCUT2D eigenvalue weighted by atomic mass is 16.5. The first-order valence-electron chi connectivity index (χ1n) is 11.8. The first kappa shape index (κ1) is 24.8. The summed E-state index contributed by atoms with van der Waals surface area (Å²) in [6, 6.07) is 17.1. The van der Waals surface area contributed by atoms with Gasteiger partial charge in [-0.2, -0.15) is 5.26 Å². The maximum Gasteiger partial charge on any atom is 0.336 e. The zero-order valence-electron chi connectivity index (χ0n) is 20.9. The number of esters is 1. The summed E-state index contributed by atoms with van der Waals surface area (Å²) in [5.41, 5.74) is 6.13. The van der Waals surface area contributed by atoms with E-state index in [1.165, 1.54) is 0 Å². The van der Waals surface area contributed by atoms with E-state index in [1.807, 2.05) is 57.2 Å². The summed E-state index contributed by atoms with van der Waals surface area (Å²) in [6.45, 7) is 6.36. The van der Waals surface area contributed by atoms with Gasteiger partial charge in [0.2, 0.25) is 5.88 Å². The van der Waals surface area contributed by atoms with E-state index in [-0.39, 0.29) is 6.61 Å². The molecule has 0 aliphatic carbocycles. The second-order valence-corrected chi connectivity index (χ2v) is 8.59. The fourth-order valence-electron chi connectivity index (χ4n) is 4.51. The van der Waals surface area contributed by atoms with Crippen molar-refractivity contribution < 1.29 is 19.0 Å². The van der Waals surface area contributed by atoms with Crippen LogP contribution in [0.3, 0.4) is 0 Å². The Hall–Kier alpha value is -4.31. The van der Waals surface area contributed by atoms with Crippen LogP contribution in [-0.2, 0) is 22.6 Å². The van der Waals surface area contributed by atoms with Crippen molar-refractivity contribution in [3.05, 3.63) is 93.8 Å². The van der Waals surface area contributed by atoms with Crippen molar-refractivity contribution >= 4 is 11.7 Å². The molecule has 36 heavy (non-hydrogen) atoms. The van der Waals surface area contributed by atoms with Crippen LogP contribution in [0.5, 0.6) is 11.6 Å². The number of carbonyl (C=O) groups excluding carboxylic acids is 1. The van der Waals surface area contributed by atoms with Crippen molar-refractivity contribution in [3.63, 3.8) is 0 Å². The van der Waals surface area contributed by atoms with E-state index in [0.717, 1.165) is 33.6 Å². The lowest BCUT2D eigenvalue weighted by molar-refractivity contribution is -0.140. The van der Waals surface area contributed by atoms with Crippen molar-refractivity contribution in [3.8, 4) is 17.7 Å². The van der Waals surface area contributed by atoms with Gasteiger partial charge in [-0.25, -0.2) is 9.78 Å². The number of rotatable bonds is 8. The van der Waals surface area contributed by atoms with Crippen molar-refractivity contribution in [2.24, 2.45) is 0 Å². The average molecular weight is 484 g/mol. The van der Waals surface area contributed by atoms with Crippen LogP contribution in [-0.4, -0.2) is 24.7 Å². The zero-order chi connectivity index (χ0) is 25.7. The molecule has 1 aliphatic heterocycles. The van der Waals surface area contributed by atoms with Gasteiger partial charge in [-0.05, 0) is 56.0 Å². The Morgan fingerprint density at radius 3 is 2.64 bits per heavy atom. The molecule has 7 nitrogen and oxygen atoms in total. The number of anilines is 1. The molecular weight excluding hydrogens is 454 g/mol. The number of pyridine rings is 1. The largest absolute Gasteiger partial charge is 0.496 e. The summed E-state index contributed by atoms with van der Waals surface area (Å²) in [7, 11) is 1.57. The third-order valence-corrected chi connectivity index (χ3v) is 6.24. The number of nitrogens with one attached hydrogen (secondary N) is 1. The molecule has 1 atom stereocenters. The van der Waals surface area contributed by atoms with Gasteiger partial charge in [0.1, 0.15) is 12.4 Å². The molecular formula is C29H29N3O4. The van der Waals surface area contributed by atoms with E-state index in [2.05, 4.69) is 16.4 Å². The minimum absolute atomic E-state index is 0.167. The molecule has 2 aromatic carbocycles. The highest BCUT2D eigenvalue weighted by Crippen LogP contribution is 2.46. The molecule has 0 fully saturated rings. The van der Waals surface area contributed by atoms with E-state index in [4.69, 9.17) is 14.2 Å². The topological polar surface area (TPSA) is 93.5 Å². The third kappa shape index (κ3) is 5.03. The van der Waals surface area contributed by atoms with Gasteiger partial charge in [0.05, 0.1) is 36.6 Å². The van der Waals surface area contributed by atoms with Crippen LogP contribution >= 0.6 is 0 Å².